The molecule has 1 aliphatic rings. The molecule has 0 radical (unpaired) electrons. The molecule has 33 heavy (non-hydrogen) atoms. The zero-order chi connectivity index (χ0) is 23.5. The van der Waals surface area contributed by atoms with E-state index in [0.717, 1.165) is 5.01 Å². The number of aliphatic carboxylic acids is 1. The van der Waals surface area contributed by atoms with Crippen molar-refractivity contribution >= 4 is 42.4 Å². The monoisotopic (exact) mass is 473 g/mol. The van der Waals surface area contributed by atoms with E-state index in [1.165, 1.54) is 20.1 Å². The van der Waals surface area contributed by atoms with E-state index in [4.69, 9.17) is 5.84 Å². The number of carboxylic acid groups (broad SMARTS) is 1. The number of hydrazine groups is 1. The highest BCUT2D eigenvalue weighted by Crippen LogP contribution is 2.34. The average Bonchev–Trinajstić information content (AvgIpc) is 2.98. The molecule has 0 bridgehead atoms. The molecule has 1 aliphatic heterocycles. The Labute approximate surface area is 196 Å². The first-order valence-electron chi connectivity index (χ1n) is 9.76. The zero-order valence-corrected chi connectivity index (χ0v) is 18.8. The maximum absolute atomic E-state index is 13.5. The number of hydrogen-bond donors (Lipinski definition) is 3. The van der Waals surface area contributed by atoms with Crippen molar-refractivity contribution in [1.29, 1.82) is 0 Å². The summed E-state index contributed by atoms with van der Waals surface area (Å²) in [7, 11) is 0. The van der Waals surface area contributed by atoms with Crippen LogP contribution in [0.25, 0.3) is 0 Å². The molecular formula is C22H24ClN5O5. The second-order valence-electron chi connectivity index (χ2n) is 7.46. The summed E-state index contributed by atoms with van der Waals surface area (Å²) >= 11 is 0. The van der Waals surface area contributed by atoms with Gasteiger partial charge < -0.3 is 16.3 Å². The van der Waals surface area contributed by atoms with Crippen LogP contribution in [0.5, 0.6) is 0 Å². The third-order valence-corrected chi connectivity index (χ3v) is 5.27. The number of halogens is 1. The van der Waals surface area contributed by atoms with Crippen molar-refractivity contribution in [1.82, 2.24) is 15.3 Å². The number of benzene rings is 2. The van der Waals surface area contributed by atoms with Crippen LogP contribution in [0.3, 0.4) is 0 Å². The fourth-order valence-electron chi connectivity index (χ4n) is 3.69. The molecule has 0 aromatic heterocycles. The molecule has 2 aromatic carbocycles. The van der Waals surface area contributed by atoms with Gasteiger partial charge in [0.25, 0.3) is 5.91 Å². The predicted octanol–water partition coefficient (Wildman–Crippen LogP) is 2.15. The first-order chi connectivity index (χ1) is 15.2. The van der Waals surface area contributed by atoms with Crippen molar-refractivity contribution in [3.8, 4) is 0 Å². The normalized spacial score (nSPS) is 18.5. The molecule has 1 heterocycles. The van der Waals surface area contributed by atoms with Gasteiger partial charge in [0.05, 0.1) is 18.7 Å². The van der Waals surface area contributed by atoms with Gasteiger partial charge in [0.15, 0.2) is 0 Å². The van der Waals surface area contributed by atoms with Gasteiger partial charge in [-0.3, -0.25) is 14.4 Å². The van der Waals surface area contributed by atoms with Crippen LogP contribution in [0.15, 0.2) is 59.7 Å². The van der Waals surface area contributed by atoms with Gasteiger partial charge in [-0.25, -0.2) is 9.80 Å². The lowest BCUT2D eigenvalue weighted by Crippen LogP contribution is -2.52. The quantitative estimate of drug-likeness (QED) is 0.243. The first kappa shape index (κ1) is 25.3. The minimum absolute atomic E-state index is 0. The summed E-state index contributed by atoms with van der Waals surface area (Å²) in [5.41, 5.74) is 0.188. The fourth-order valence-corrected chi connectivity index (χ4v) is 3.69. The van der Waals surface area contributed by atoms with Crippen LogP contribution in [0.4, 0.5) is 4.79 Å². The van der Waals surface area contributed by atoms with Crippen LogP contribution in [-0.2, 0) is 19.9 Å². The topological polar surface area (TPSA) is 145 Å². The number of nitrogens with one attached hydrogen (secondary N) is 1. The molecule has 1 fully saturated rings. The summed E-state index contributed by atoms with van der Waals surface area (Å²) < 4.78 is 0. The Morgan fingerprint density at radius 2 is 1.79 bits per heavy atom. The number of urea groups is 1. The summed E-state index contributed by atoms with van der Waals surface area (Å²) in [6, 6.07) is 13.1. The largest absolute Gasteiger partial charge is 0.481 e. The van der Waals surface area contributed by atoms with E-state index in [-0.39, 0.29) is 12.4 Å². The van der Waals surface area contributed by atoms with Crippen molar-refractivity contribution in [3.63, 3.8) is 0 Å². The Morgan fingerprint density at radius 1 is 1.18 bits per heavy atom. The van der Waals surface area contributed by atoms with Crippen molar-refractivity contribution in [2.75, 3.05) is 0 Å². The lowest BCUT2D eigenvalue weighted by molar-refractivity contribution is -0.162. The fraction of sp³-hybridized carbons (Fsp3) is 0.227. The van der Waals surface area contributed by atoms with Crippen LogP contribution in [0.2, 0.25) is 0 Å². The smallest absolute Gasteiger partial charge is 0.344 e. The lowest BCUT2D eigenvalue weighted by atomic mass is 9.91. The zero-order valence-electron chi connectivity index (χ0n) is 18.0. The highest BCUT2D eigenvalue weighted by molar-refractivity contribution is 6.08. The Hall–Kier alpha value is -3.92. The molecule has 2 atom stereocenters. The van der Waals surface area contributed by atoms with E-state index in [2.05, 4.69) is 10.4 Å². The van der Waals surface area contributed by atoms with Crippen molar-refractivity contribution in [2.45, 2.75) is 31.8 Å². The molecule has 11 heteroatoms. The van der Waals surface area contributed by atoms with Gasteiger partial charge in [-0.2, -0.15) is 10.1 Å². The van der Waals surface area contributed by atoms with Crippen molar-refractivity contribution < 1.29 is 24.3 Å². The summed E-state index contributed by atoms with van der Waals surface area (Å²) in [5.74, 6) is 2.61. The number of imide groups is 1. The number of rotatable bonds is 7. The molecule has 174 valence electrons. The number of carbonyl (C=O) groups is 4. The second-order valence-corrected chi connectivity index (χ2v) is 7.46. The first-order valence-corrected chi connectivity index (χ1v) is 9.76. The minimum Gasteiger partial charge on any atom is -0.481 e. The number of hydrazone groups is 1. The molecule has 1 saturated heterocycles. The van der Waals surface area contributed by atoms with Crippen molar-refractivity contribution in [3.05, 3.63) is 71.3 Å². The van der Waals surface area contributed by atoms with Crippen LogP contribution in [-0.4, -0.2) is 45.2 Å². The third-order valence-electron chi connectivity index (χ3n) is 5.27. The molecule has 2 aromatic rings. The van der Waals surface area contributed by atoms with E-state index in [1.54, 1.807) is 54.6 Å². The van der Waals surface area contributed by atoms with Gasteiger partial charge in [-0.05, 0) is 23.6 Å². The van der Waals surface area contributed by atoms with Gasteiger partial charge in [0, 0.05) is 6.92 Å². The number of carbonyl (C=O) groups excluding carboxylic acids is 3. The van der Waals surface area contributed by atoms with Crippen LogP contribution in [0.1, 0.15) is 43.0 Å². The van der Waals surface area contributed by atoms with Crippen LogP contribution >= 0.6 is 12.4 Å². The standard InChI is InChI=1S/C22H23N5O5.ClH/c1-14(28)26(18(12-19(29)30)16-6-4-3-5-7-16)27-20(31)22(2,25-21(27)32)17-10-8-15(9-11-17)13-24-23;/h3-11,13,18H,12,23H2,1-2H3,(H,25,32)(H,29,30);1H/t18-,22-;/m0./s1. The van der Waals surface area contributed by atoms with Crippen LogP contribution < -0.4 is 11.2 Å². The lowest BCUT2D eigenvalue weighted by Gasteiger charge is -2.35. The molecule has 4 N–H and O–H groups in total. The van der Waals surface area contributed by atoms with E-state index >= 15 is 0 Å². The van der Waals surface area contributed by atoms with Gasteiger partial charge >= 0.3 is 12.0 Å². The Balaban J connectivity index is 0.00000385. The summed E-state index contributed by atoms with van der Waals surface area (Å²) in [6.07, 6.45) is 0.936. The van der Waals surface area contributed by atoms with Gasteiger partial charge in [-0.15, -0.1) is 12.4 Å². The summed E-state index contributed by atoms with van der Waals surface area (Å²) in [5, 5.41) is 17.1. The molecule has 10 nitrogen and oxygen atoms in total. The summed E-state index contributed by atoms with van der Waals surface area (Å²) in [4.78, 5) is 50.6. The maximum atomic E-state index is 13.5. The molecular weight excluding hydrogens is 450 g/mol. The van der Waals surface area contributed by atoms with Crippen molar-refractivity contribution in [2.24, 2.45) is 10.9 Å². The Morgan fingerprint density at radius 3 is 2.30 bits per heavy atom. The molecule has 4 amide bonds. The molecule has 3 rings (SSSR count). The molecule has 0 aliphatic carbocycles. The molecule has 0 saturated carbocycles. The molecule has 0 unspecified atom stereocenters. The van der Waals surface area contributed by atoms with Gasteiger partial charge in [0.2, 0.25) is 5.91 Å². The van der Waals surface area contributed by atoms with E-state index < -0.39 is 41.8 Å². The number of nitrogens with two attached hydrogens (primary N) is 1. The number of amides is 4. The van der Waals surface area contributed by atoms with Crippen LogP contribution in [0, 0.1) is 0 Å². The highest BCUT2D eigenvalue weighted by Gasteiger charge is 2.53. The summed E-state index contributed by atoms with van der Waals surface area (Å²) in [6.45, 7) is 2.70. The number of hydrogen-bond acceptors (Lipinski definition) is 6. The second kappa shape index (κ2) is 10.1. The van der Waals surface area contributed by atoms with E-state index in [1.807, 2.05) is 0 Å². The SMILES string of the molecule is CC(=O)N([C@@H](CC(=O)O)c1ccccc1)N1C(=O)N[C@@](C)(c2ccc(C=NN)cc2)C1=O.Cl. The number of nitrogens with zero attached hydrogens (tertiary/aromatic N) is 3. The predicted molar refractivity (Wildman–Crippen MR) is 122 cm³/mol. The van der Waals surface area contributed by atoms with Gasteiger partial charge in [0.1, 0.15) is 5.54 Å². The average molecular weight is 474 g/mol. The third kappa shape index (κ3) is 4.96. The Kier molecular flexibility index (Phi) is 7.78. The van der Waals surface area contributed by atoms with E-state index in [0.29, 0.717) is 21.7 Å². The minimum atomic E-state index is -1.46. The van der Waals surface area contributed by atoms with Gasteiger partial charge in [-0.1, -0.05) is 54.6 Å². The maximum Gasteiger partial charge on any atom is 0.344 e. The molecule has 0 spiro atoms. The van der Waals surface area contributed by atoms with E-state index in [9.17, 15) is 24.3 Å². The Bertz CT molecular complexity index is 1080. The highest BCUT2D eigenvalue weighted by atomic mass is 35.5. The number of carboxylic acids is 1.